The summed E-state index contributed by atoms with van der Waals surface area (Å²) in [4.78, 5) is 6.78. The van der Waals surface area contributed by atoms with Gasteiger partial charge < -0.3 is 10.6 Å². The molecule has 0 atom stereocenters. The zero-order valence-corrected chi connectivity index (χ0v) is 11.4. The van der Waals surface area contributed by atoms with Crippen molar-refractivity contribution in [2.24, 2.45) is 5.73 Å². The number of halogens is 1. The molecule has 1 aliphatic heterocycles. The summed E-state index contributed by atoms with van der Waals surface area (Å²) in [6.07, 6.45) is 2.55. The highest BCUT2D eigenvalue weighted by Gasteiger charge is 2.12. The zero-order chi connectivity index (χ0) is 12.5. The predicted molar refractivity (Wildman–Crippen MR) is 81.5 cm³/mol. The number of hydrogen-bond donors (Lipinski definition) is 2. The van der Waals surface area contributed by atoms with Gasteiger partial charge in [-0.15, -0.1) is 12.4 Å². The molecule has 1 aliphatic rings. The SMILES string of the molecule is Cl.N=C(N)c1ccc2cc(N3CCCC3)ccc2n1. The zero-order valence-electron chi connectivity index (χ0n) is 10.6. The van der Waals surface area contributed by atoms with Crippen molar-refractivity contribution in [2.45, 2.75) is 12.8 Å². The molecule has 2 heterocycles. The lowest BCUT2D eigenvalue weighted by Gasteiger charge is -2.17. The van der Waals surface area contributed by atoms with Gasteiger partial charge >= 0.3 is 0 Å². The molecule has 3 rings (SSSR count). The number of rotatable bonds is 2. The molecule has 19 heavy (non-hydrogen) atoms. The predicted octanol–water partition coefficient (Wildman–Crippen LogP) is 2.54. The lowest BCUT2D eigenvalue weighted by molar-refractivity contribution is 0.949. The van der Waals surface area contributed by atoms with Gasteiger partial charge in [0.1, 0.15) is 11.5 Å². The number of nitrogens with two attached hydrogens (primary N) is 1. The first-order valence-corrected chi connectivity index (χ1v) is 6.24. The van der Waals surface area contributed by atoms with Crippen LogP contribution in [0.2, 0.25) is 0 Å². The summed E-state index contributed by atoms with van der Waals surface area (Å²) < 4.78 is 0. The molecular weight excluding hydrogens is 260 g/mol. The van der Waals surface area contributed by atoms with Crippen molar-refractivity contribution in [2.75, 3.05) is 18.0 Å². The van der Waals surface area contributed by atoms with E-state index < -0.39 is 0 Å². The van der Waals surface area contributed by atoms with E-state index in [0.717, 1.165) is 24.0 Å². The molecule has 2 aromatic rings. The van der Waals surface area contributed by atoms with Crippen LogP contribution >= 0.6 is 12.4 Å². The number of nitrogens with one attached hydrogen (secondary N) is 1. The van der Waals surface area contributed by atoms with Gasteiger partial charge in [-0.25, -0.2) is 4.98 Å². The third-order valence-corrected chi connectivity index (χ3v) is 3.42. The lowest BCUT2D eigenvalue weighted by Crippen LogP contribution is -2.17. The van der Waals surface area contributed by atoms with Crippen LogP contribution in [0.1, 0.15) is 18.5 Å². The molecule has 5 heteroatoms. The number of pyridine rings is 1. The van der Waals surface area contributed by atoms with E-state index >= 15 is 0 Å². The fourth-order valence-electron chi connectivity index (χ4n) is 2.44. The van der Waals surface area contributed by atoms with E-state index in [1.54, 1.807) is 6.07 Å². The monoisotopic (exact) mass is 276 g/mol. The Morgan fingerprint density at radius 3 is 2.58 bits per heavy atom. The Balaban J connectivity index is 0.00000133. The van der Waals surface area contributed by atoms with Crippen LogP contribution in [0.25, 0.3) is 10.9 Å². The van der Waals surface area contributed by atoms with Gasteiger partial charge in [0.2, 0.25) is 0 Å². The number of aromatic nitrogens is 1. The molecule has 3 N–H and O–H groups in total. The van der Waals surface area contributed by atoms with Crippen molar-refractivity contribution in [3.63, 3.8) is 0 Å². The molecule has 0 amide bonds. The molecule has 1 fully saturated rings. The quantitative estimate of drug-likeness (QED) is 0.654. The standard InChI is InChI=1S/C14H16N4.ClH/c15-14(16)13-5-3-10-9-11(4-6-12(10)17-13)18-7-1-2-8-18;/h3-6,9H,1-2,7-8H2,(H3,15,16);1H. The maximum absolute atomic E-state index is 7.40. The summed E-state index contributed by atoms with van der Waals surface area (Å²) in [5.74, 6) is 0.0144. The second-order valence-corrected chi connectivity index (χ2v) is 4.68. The molecule has 1 aromatic carbocycles. The van der Waals surface area contributed by atoms with Crippen LogP contribution in [0.15, 0.2) is 30.3 Å². The summed E-state index contributed by atoms with van der Waals surface area (Å²) in [7, 11) is 0. The smallest absolute Gasteiger partial charge is 0.141 e. The minimum atomic E-state index is 0. The van der Waals surface area contributed by atoms with E-state index in [4.69, 9.17) is 11.1 Å². The highest BCUT2D eigenvalue weighted by atomic mass is 35.5. The molecule has 0 radical (unpaired) electrons. The molecule has 1 aromatic heterocycles. The summed E-state index contributed by atoms with van der Waals surface area (Å²) in [6, 6.07) is 10.1. The lowest BCUT2D eigenvalue weighted by atomic mass is 10.1. The van der Waals surface area contributed by atoms with Crippen LogP contribution in [0.3, 0.4) is 0 Å². The van der Waals surface area contributed by atoms with Gasteiger partial charge in [0, 0.05) is 24.2 Å². The summed E-state index contributed by atoms with van der Waals surface area (Å²) in [6.45, 7) is 2.29. The second-order valence-electron chi connectivity index (χ2n) is 4.68. The van der Waals surface area contributed by atoms with Crippen molar-refractivity contribution < 1.29 is 0 Å². The Hall–Kier alpha value is -1.81. The second kappa shape index (κ2) is 5.45. The van der Waals surface area contributed by atoms with Crippen LogP contribution in [0.5, 0.6) is 0 Å². The Kier molecular flexibility index (Phi) is 3.90. The molecule has 4 nitrogen and oxygen atoms in total. The first kappa shape index (κ1) is 13.6. The van der Waals surface area contributed by atoms with Gasteiger partial charge in [0.25, 0.3) is 0 Å². The molecular formula is C14H17ClN4. The number of amidine groups is 1. The molecule has 0 spiro atoms. The number of nitrogens with zero attached hydrogens (tertiary/aromatic N) is 2. The fourth-order valence-corrected chi connectivity index (χ4v) is 2.44. The highest BCUT2D eigenvalue weighted by molar-refractivity contribution is 5.95. The van der Waals surface area contributed by atoms with Gasteiger partial charge in [-0.2, -0.15) is 0 Å². The van der Waals surface area contributed by atoms with E-state index in [0.29, 0.717) is 5.69 Å². The third kappa shape index (κ3) is 2.63. The summed E-state index contributed by atoms with van der Waals surface area (Å²) in [5, 5.41) is 8.50. The molecule has 0 aliphatic carbocycles. The van der Waals surface area contributed by atoms with Crippen molar-refractivity contribution in [3.05, 3.63) is 36.0 Å². The molecule has 0 unspecified atom stereocenters. The van der Waals surface area contributed by atoms with Crippen LogP contribution < -0.4 is 10.6 Å². The van der Waals surface area contributed by atoms with Gasteiger partial charge in [0.05, 0.1) is 5.52 Å². The summed E-state index contributed by atoms with van der Waals surface area (Å²) >= 11 is 0. The Morgan fingerprint density at radius 2 is 1.89 bits per heavy atom. The van der Waals surface area contributed by atoms with Gasteiger partial charge in [-0.1, -0.05) is 6.07 Å². The maximum atomic E-state index is 7.40. The Morgan fingerprint density at radius 1 is 1.16 bits per heavy atom. The van der Waals surface area contributed by atoms with E-state index in [9.17, 15) is 0 Å². The van der Waals surface area contributed by atoms with E-state index in [1.165, 1.54) is 18.5 Å². The summed E-state index contributed by atoms with van der Waals surface area (Å²) in [5.41, 5.74) is 8.14. The van der Waals surface area contributed by atoms with Crippen LogP contribution in [-0.2, 0) is 0 Å². The maximum Gasteiger partial charge on any atom is 0.141 e. The first-order valence-electron chi connectivity index (χ1n) is 6.24. The van der Waals surface area contributed by atoms with Crippen LogP contribution in [-0.4, -0.2) is 23.9 Å². The van der Waals surface area contributed by atoms with E-state index in [-0.39, 0.29) is 18.2 Å². The third-order valence-electron chi connectivity index (χ3n) is 3.42. The van der Waals surface area contributed by atoms with Crippen molar-refractivity contribution in [1.82, 2.24) is 4.98 Å². The molecule has 0 bridgehead atoms. The number of fused-ring (bicyclic) bond motifs is 1. The van der Waals surface area contributed by atoms with Crippen LogP contribution in [0, 0.1) is 5.41 Å². The fraction of sp³-hybridized carbons (Fsp3) is 0.286. The minimum absolute atomic E-state index is 0. The topological polar surface area (TPSA) is 66.0 Å². The highest BCUT2D eigenvalue weighted by Crippen LogP contribution is 2.24. The molecule has 1 saturated heterocycles. The largest absolute Gasteiger partial charge is 0.382 e. The average molecular weight is 277 g/mol. The Bertz CT molecular complexity index is 605. The van der Waals surface area contributed by atoms with Gasteiger partial charge in [-0.05, 0) is 37.1 Å². The number of anilines is 1. The van der Waals surface area contributed by atoms with Crippen molar-refractivity contribution in [3.8, 4) is 0 Å². The number of hydrogen-bond acceptors (Lipinski definition) is 3. The van der Waals surface area contributed by atoms with Gasteiger partial charge in [0.15, 0.2) is 0 Å². The molecule has 100 valence electrons. The first-order chi connectivity index (χ1) is 8.74. The normalized spacial score (nSPS) is 14.4. The Labute approximate surface area is 118 Å². The molecule has 0 saturated carbocycles. The van der Waals surface area contributed by atoms with Crippen molar-refractivity contribution in [1.29, 1.82) is 5.41 Å². The van der Waals surface area contributed by atoms with Gasteiger partial charge in [-0.3, -0.25) is 5.41 Å². The van der Waals surface area contributed by atoms with E-state index in [1.807, 2.05) is 12.1 Å². The average Bonchev–Trinajstić information content (AvgIpc) is 2.91. The van der Waals surface area contributed by atoms with Crippen molar-refractivity contribution >= 4 is 34.8 Å². The van der Waals surface area contributed by atoms with E-state index in [2.05, 4.69) is 22.0 Å². The number of nitrogen functional groups attached to an aromatic ring is 1. The number of benzene rings is 1. The minimum Gasteiger partial charge on any atom is -0.382 e. The van der Waals surface area contributed by atoms with Crippen LogP contribution in [0.4, 0.5) is 5.69 Å².